The van der Waals surface area contributed by atoms with E-state index in [9.17, 15) is 0 Å². The zero-order valence-electron chi connectivity index (χ0n) is 10.9. The van der Waals surface area contributed by atoms with Gasteiger partial charge in [0.2, 0.25) is 0 Å². The highest BCUT2D eigenvalue weighted by Gasteiger charge is 2.19. The van der Waals surface area contributed by atoms with Gasteiger partial charge < -0.3 is 10.1 Å². The molecule has 4 nitrogen and oxygen atoms in total. The molecular formula is C14H19N3O. The van der Waals surface area contributed by atoms with Crippen molar-refractivity contribution < 1.29 is 4.74 Å². The van der Waals surface area contributed by atoms with Crippen LogP contribution in [0.25, 0.3) is 0 Å². The second-order valence-corrected chi connectivity index (χ2v) is 4.71. The quantitative estimate of drug-likeness (QED) is 0.870. The van der Waals surface area contributed by atoms with Gasteiger partial charge in [0.15, 0.2) is 0 Å². The van der Waals surface area contributed by atoms with Gasteiger partial charge in [-0.2, -0.15) is 5.26 Å². The van der Waals surface area contributed by atoms with Crippen molar-refractivity contribution in [1.82, 2.24) is 10.2 Å². The minimum Gasteiger partial charge on any atom is -0.495 e. The van der Waals surface area contributed by atoms with Crippen LogP contribution in [0.2, 0.25) is 0 Å². The van der Waals surface area contributed by atoms with E-state index in [0.717, 1.165) is 25.2 Å². The van der Waals surface area contributed by atoms with E-state index in [-0.39, 0.29) is 0 Å². The van der Waals surface area contributed by atoms with E-state index in [0.29, 0.717) is 17.4 Å². The molecule has 0 spiro atoms. The van der Waals surface area contributed by atoms with Crippen LogP contribution in [-0.4, -0.2) is 38.2 Å². The van der Waals surface area contributed by atoms with Crippen molar-refractivity contribution in [2.75, 3.05) is 27.2 Å². The Kier molecular flexibility index (Phi) is 4.19. The summed E-state index contributed by atoms with van der Waals surface area (Å²) in [5.41, 5.74) is 1.76. The first kappa shape index (κ1) is 12.9. The molecule has 1 N–H and O–H groups in total. The number of nitrogens with one attached hydrogen (secondary N) is 1. The zero-order valence-corrected chi connectivity index (χ0v) is 10.9. The molecule has 1 aromatic rings. The Morgan fingerprint density at radius 3 is 3.00 bits per heavy atom. The SMILES string of the molecule is COc1ccc(CN(C)C2CCNC2)cc1C#N. The fourth-order valence-electron chi connectivity index (χ4n) is 2.37. The van der Waals surface area contributed by atoms with Crippen LogP contribution in [-0.2, 0) is 6.54 Å². The Hall–Kier alpha value is -1.57. The molecule has 4 heteroatoms. The molecule has 0 saturated carbocycles. The molecule has 1 atom stereocenters. The Balaban J connectivity index is 2.07. The number of hydrogen-bond acceptors (Lipinski definition) is 4. The second kappa shape index (κ2) is 5.85. The van der Waals surface area contributed by atoms with E-state index in [1.807, 2.05) is 18.2 Å². The van der Waals surface area contributed by atoms with Gasteiger partial charge in [-0.15, -0.1) is 0 Å². The van der Waals surface area contributed by atoms with Crippen LogP contribution in [0.15, 0.2) is 18.2 Å². The van der Waals surface area contributed by atoms with Crippen molar-refractivity contribution >= 4 is 0 Å². The highest BCUT2D eigenvalue weighted by molar-refractivity contribution is 5.45. The molecule has 0 aliphatic carbocycles. The summed E-state index contributed by atoms with van der Waals surface area (Å²) in [4.78, 5) is 2.34. The highest BCUT2D eigenvalue weighted by atomic mass is 16.5. The molecule has 1 aliphatic heterocycles. The number of likely N-dealkylation sites (N-methyl/N-ethyl adjacent to an activating group) is 1. The molecule has 1 aromatic carbocycles. The lowest BCUT2D eigenvalue weighted by Crippen LogP contribution is -2.32. The average molecular weight is 245 g/mol. The topological polar surface area (TPSA) is 48.3 Å². The summed E-state index contributed by atoms with van der Waals surface area (Å²) >= 11 is 0. The third-order valence-electron chi connectivity index (χ3n) is 3.47. The normalized spacial score (nSPS) is 18.9. The van der Waals surface area contributed by atoms with E-state index in [4.69, 9.17) is 10.00 Å². The number of nitriles is 1. The van der Waals surface area contributed by atoms with Gasteiger partial charge in [0.1, 0.15) is 11.8 Å². The Morgan fingerprint density at radius 1 is 1.56 bits per heavy atom. The summed E-state index contributed by atoms with van der Waals surface area (Å²) in [7, 11) is 3.72. The van der Waals surface area contributed by atoms with Gasteiger partial charge in [-0.3, -0.25) is 4.90 Å². The minimum absolute atomic E-state index is 0.595. The zero-order chi connectivity index (χ0) is 13.0. The summed E-state index contributed by atoms with van der Waals surface area (Å²) in [5.74, 6) is 0.645. The van der Waals surface area contributed by atoms with E-state index in [2.05, 4.69) is 23.3 Å². The predicted octanol–water partition coefficient (Wildman–Crippen LogP) is 1.36. The third kappa shape index (κ3) is 2.81. The monoisotopic (exact) mass is 245 g/mol. The van der Waals surface area contributed by atoms with Crippen molar-refractivity contribution in [2.24, 2.45) is 0 Å². The summed E-state index contributed by atoms with van der Waals surface area (Å²) in [5, 5.41) is 12.4. The van der Waals surface area contributed by atoms with Gasteiger partial charge in [-0.05, 0) is 37.7 Å². The van der Waals surface area contributed by atoms with Crippen LogP contribution < -0.4 is 10.1 Å². The van der Waals surface area contributed by atoms with Crippen molar-refractivity contribution in [3.05, 3.63) is 29.3 Å². The molecule has 0 amide bonds. The second-order valence-electron chi connectivity index (χ2n) is 4.71. The molecule has 1 fully saturated rings. The molecular weight excluding hydrogens is 226 g/mol. The number of methoxy groups -OCH3 is 1. The molecule has 0 bridgehead atoms. The molecule has 0 aromatic heterocycles. The van der Waals surface area contributed by atoms with Crippen molar-refractivity contribution in [3.8, 4) is 11.8 Å². The Morgan fingerprint density at radius 2 is 2.39 bits per heavy atom. The number of benzene rings is 1. The fraction of sp³-hybridized carbons (Fsp3) is 0.500. The average Bonchev–Trinajstić information content (AvgIpc) is 2.92. The number of nitrogens with zero attached hydrogens (tertiary/aromatic N) is 2. The summed E-state index contributed by atoms with van der Waals surface area (Å²) in [6.07, 6.45) is 1.19. The lowest BCUT2D eigenvalue weighted by molar-refractivity contribution is 0.249. The summed E-state index contributed by atoms with van der Waals surface area (Å²) in [6, 6.07) is 8.58. The molecule has 1 saturated heterocycles. The Bertz CT molecular complexity index is 447. The van der Waals surface area contributed by atoms with Crippen LogP contribution in [0.4, 0.5) is 0 Å². The lowest BCUT2D eigenvalue weighted by atomic mass is 10.1. The smallest absolute Gasteiger partial charge is 0.136 e. The van der Waals surface area contributed by atoms with Gasteiger partial charge in [-0.1, -0.05) is 6.07 Å². The van der Waals surface area contributed by atoms with Crippen molar-refractivity contribution in [1.29, 1.82) is 5.26 Å². The first-order valence-electron chi connectivity index (χ1n) is 6.22. The van der Waals surface area contributed by atoms with Gasteiger partial charge in [0.25, 0.3) is 0 Å². The highest BCUT2D eigenvalue weighted by Crippen LogP contribution is 2.20. The van der Waals surface area contributed by atoms with Crippen LogP contribution >= 0.6 is 0 Å². The molecule has 18 heavy (non-hydrogen) atoms. The van der Waals surface area contributed by atoms with E-state index >= 15 is 0 Å². The van der Waals surface area contributed by atoms with Crippen molar-refractivity contribution in [3.63, 3.8) is 0 Å². The van der Waals surface area contributed by atoms with Gasteiger partial charge >= 0.3 is 0 Å². The van der Waals surface area contributed by atoms with E-state index in [1.54, 1.807) is 7.11 Å². The van der Waals surface area contributed by atoms with E-state index < -0.39 is 0 Å². The van der Waals surface area contributed by atoms with E-state index in [1.165, 1.54) is 6.42 Å². The van der Waals surface area contributed by atoms with Crippen LogP contribution in [0.1, 0.15) is 17.5 Å². The Labute approximate surface area is 108 Å². The van der Waals surface area contributed by atoms with Gasteiger partial charge in [-0.25, -0.2) is 0 Å². The molecule has 96 valence electrons. The molecule has 1 unspecified atom stereocenters. The number of rotatable bonds is 4. The first-order valence-corrected chi connectivity index (χ1v) is 6.22. The molecule has 1 aliphatic rings. The maximum Gasteiger partial charge on any atom is 0.136 e. The van der Waals surface area contributed by atoms with Crippen LogP contribution in [0.5, 0.6) is 5.75 Å². The number of ether oxygens (including phenoxy) is 1. The van der Waals surface area contributed by atoms with Gasteiger partial charge in [0, 0.05) is 19.1 Å². The minimum atomic E-state index is 0.595. The summed E-state index contributed by atoms with van der Waals surface area (Å²) in [6.45, 7) is 3.02. The standard InChI is InChI=1S/C14H19N3O/c1-17(13-5-6-16-9-13)10-11-3-4-14(18-2)12(7-11)8-15/h3-4,7,13,16H,5-6,9-10H2,1-2H3. The number of hydrogen-bond donors (Lipinski definition) is 1. The predicted molar refractivity (Wildman–Crippen MR) is 70.5 cm³/mol. The largest absolute Gasteiger partial charge is 0.495 e. The van der Waals surface area contributed by atoms with Crippen molar-refractivity contribution in [2.45, 2.75) is 19.0 Å². The van der Waals surface area contributed by atoms with Crippen LogP contribution in [0, 0.1) is 11.3 Å². The molecule has 0 radical (unpaired) electrons. The third-order valence-corrected chi connectivity index (χ3v) is 3.47. The maximum atomic E-state index is 9.07. The molecule has 2 rings (SSSR count). The van der Waals surface area contributed by atoms with Gasteiger partial charge in [0.05, 0.1) is 12.7 Å². The maximum absolute atomic E-state index is 9.07. The summed E-state index contributed by atoms with van der Waals surface area (Å²) < 4.78 is 5.15. The van der Waals surface area contributed by atoms with Crippen LogP contribution in [0.3, 0.4) is 0 Å². The molecule has 1 heterocycles. The lowest BCUT2D eigenvalue weighted by Gasteiger charge is -2.23. The fourth-order valence-corrected chi connectivity index (χ4v) is 2.37. The first-order chi connectivity index (χ1) is 8.74.